The number of rotatable bonds is 15. The molecule has 0 radical (unpaired) electrons. The Hall–Kier alpha value is -5.35. The minimum Gasteiger partial charge on any atom is -0.380 e. The third-order valence-corrected chi connectivity index (χ3v) is 15.7. The molecule has 4 aromatic carbocycles. The number of sulfonamides is 1. The number of anilines is 1. The van der Waals surface area contributed by atoms with Crippen molar-refractivity contribution < 1.29 is 53.6 Å². The van der Waals surface area contributed by atoms with Crippen molar-refractivity contribution in [3.05, 3.63) is 119 Å². The van der Waals surface area contributed by atoms with Crippen molar-refractivity contribution in [3.63, 3.8) is 0 Å². The van der Waals surface area contributed by atoms with Crippen molar-refractivity contribution in [3.8, 4) is 0 Å². The number of carbonyl (C=O) groups is 4. The van der Waals surface area contributed by atoms with Crippen LogP contribution >= 0.6 is 11.8 Å². The van der Waals surface area contributed by atoms with Crippen LogP contribution in [-0.4, -0.2) is 110 Å². The predicted octanol–water partition coefficient (Wildman–Crippen LogP) is 5.56. The monoisotopic (exact) mass is 958 g/mol. The number of carbonyl (C=O) groups excluding carboxylic acids is 4. The van der Waals surface area contributed by atoms with E-state index in [9.17, 15) is 49.2 Å². The maximum atomic E-state index is 15.7. The maximum absolute atomic E-state index is 15.7. The molecule has 4 aromatic rings. The summed E-state index contributed by atoms with van der Waals surface area (Å²) in [5, 5.41) is 5.24. The normalized spacial score (nSPS) is 20.3. The van der Waals surface area contributed by atoms with Gasteiger partial charge >= 0.3 is 5.51 Å². The van der Waals surface area contributed by atoms with Gasteiger partial charge in [-0.1, -0.05) is 36.4 Å². The average molecular weight is 959 g/mol. The van der Waals surface area contributed by atoms with Crippen molar-refractivity contribution in [1.29, 1.82) is 0 Å². The van der Waals surface area contributed by atoms with Crippen LogP contribution in [0.4, 0.5) is 23.2 Å². The zero-order chi connectivity index (χ0) is 46.8. The van der Waals surface area contributed by atoms with Gasteiger partial charge in [0.15, 0.2) is 0 Å². The van der Waals surface area contributed by atoms with Gasteiger partial charge in [0.25, 0.3) is 31.7 Å². The van der Waals surface area contributed by atoms with Crippen LogP contribution in [0.1, 0.15) is 65.0 Å². The molecule has 0 spiro atoms. The van der Waals surface area contributed by atoms with Crippen LogP contribution in [-0.2, 0) is 42.5 Å². The third kappa shape index (κ3) is 10.7. The number of hydrogen-bond acceptors (Lipinski definition) is 12. The Morgan fingerprint density at radius 1 is 0.908 bits per heavy atom. The number of benzene rings is 4. The zero-order valence-corrected chi connectivity index (χ0v) is 37.6. The molecule has 14 nitrogen and oxygen atoms in total. The van der Waals surface area contributed by atoms with Gasteiger partial charge in [-0.2, -0.15) is 13.2 Å². The summed E-state index contributed by atoms with van der Waals surface area (Å²) in [4.78, 5) is 54.4. The Morgan fingerprint density at radius 3 is 2.22 bits per heavy atom. The summed E-state index contributed by atoms with van der Waals surface area (Å²) in [7, 11) is -11.0. The predicted molar refractivity (Wildman–Crippen MR) is 233 cm³/mol. The molecule has 2 fully saturated rings. The van der Waals surface area contributed by atoms with Crippen molar-refractivity contribution >= 4 is 60.9 Å². The van der Waals surface area contributed by atoms with Gasteiger partial charge in [-0.3, -0.25) is 29.4 Å². The van der Waals surface area contributed by atoms with Gasteiger partial charge in [-0.05, 0) is 86.8 Å². The molecule has 3 N–H and O–H groups in total. The van der Waals surface area contributed by atoms with E-state index in [1.807, 2.05) is 44.2 Å². The number of piperazine rings is 1. The molecular formula is C44H46F4N6O8S3. The molecule has 3 heterocycles. The van der Waals surface area contributed by atoms with E-state index in [0.29, 0.717) is 43.2 Å². The van der Waals surface area contributed by atoms with E-state index >= 15 is 4.39 Å². The van der Waals surface area contributed by atoms with Gasteiger partial charge in [0.2, 0.25) is 11.8 Å². The molecule has 4 atom stereocenters. The number of nitrogens with zero attached hydrogens (tertiary/aromatic N) is 3. The third-order valence-electron chi connectivity index (χ3n) is 11.7. The first-order valence-electron chi connectivity index (χ1n) is 20.7. The Labute approximate surface area is 378 Å². The number of nitrogens with one attached hydrogen (secondary N) is 3. The number of alkyl halides is 3. The van der Waals surface area contributed by atoms with Crippen LogP contribution in [0.25, 0.3) is 0 Å². The number of amides is 4. The summed E-state index contributed by atoms with van der Waals surface area (Å²) >= 11 is 1.39. The largest absolute Gasteiger partial charge is 0.501 e. The van der Waals surface area contributed by atoms with E-state index in [1.165, 1.54) is 47.0 Å². The molecule has 7 rings (SSSR count). The lowest BCUT2D eigenvalue weighted by Gasteiger charge is -2.45. The fourth-order valence-electron chi connectivity index (χ4n) is 8.35. The summed E-state index contributed by atoms with van der Waals surface area (Å²) in [6.07, 6.45) is 0.589. The standard InChI is InChI=1S/C44H46F4N6O8S3/c1-27-22-52(23-28(2)53(27)25-31-19-30-24-54(43(58)35(30)21-36(31)45)38-15-16-40(55)50-42(38)57)18-17-32(26-63-33-11-7-4-8-12-33)49-37-14-13-34(20-39(37)64(59,60)44(46,47)48)65(61,62)51-41(56)29-9-5-3-6-10-29/h3-14,19-21,27-28,32,38,49H,15-18,22-26H2,1-2H3,(H,51,56)(H,50,55,57)/t27?,28?,32-,38?/m1/s1. The molecule has 0 saturated carbocycles. The fraction of sp³-hybridized carbons (Fsp3) is 0.364. The van der Waals surface area contributed by atoms with Gasteiger partial charge < -0.3 is 15.1 Å². The highest BCUT2D eigenvalue weighted by Crippen LogP contribution is 2.37. The second-order valence-corrected chi connectivity index (χ2v) is 21.0. The summed E-state index contributed by atoms with van der Waals surface area (Å²) in [5.41, 5.74) is -5.19. The molecule has 4 amide bonds. The van der Waals surface area contributed by atoms with Crippen LogP contribution < -0.4 is 15.4 Å². The van der Waals surface area contributed by atoms with E-state index in [2.05, 4.69) is 20.4 Å². The lowest BCUT2D eigenvalue weighted by atomic mass is 10.0. The summed E-state index contributed by atoms with van der Waals surface area (Å²) < 4.78 is 113. The summed E-state index contributed by atoms with van der Waals surface area (Å²) in [6, 6.07) is 19.8. The molecule has 21 heteroatoms. The molecule has 65 heavy (non-hydrogen) atoms. The second-order valence-electron chi connectivity index (χ2n) is 16.3. The van der Waals surface area contributed by atoms with E-state index in [-0.39, 0.29) is 54.9 Å². The quantitative estimate of drug-likeness (QED) is 0.0769. The van der Waals surface area contributed by atoms with Crippen molar-refractivity contribution in [2.24, 2.45) is 0 Å². The number of thioether (sulfide) groups is 1. The van der Waals surface area contributed by atoms with Crippen LogP contribution in [0.15, 0.2) is 106 Å². The maximum Gasteiger partial charge on any atom is 0.501 e. The Morgan fingerprint density at radius 2 is 1.57 bits per heavy atom. The summed E-state index contributed by atoms with van der Waals surface area (Å²) in [6.45, 7) is 5.74. The lowest BCUT2D eigenvalue weighted by Crippen LogP contribution is -2.56. The van der Waals surface area contributed by atoms with Crippen molar-refractivity contribution in [2.75, 3.05) is 30.7 Å². The Balaban J connectivity index is 1.06. The first kappa shape index (κ1) is 47.6. The topological polar surface area (TPSA) is 182 Å². The molecule has 3 unspecified atom stereocenters. The number of halogens is 4. The number of hydrogen-bond donors (Lipinski definition) is 3. The highest BCUT2D eigenvalue weighted by atomic mass is 32.2. The fourth-order valence-corrected chi connectivity index (χ4v) is 11.4. The Bertz CT molecular complexity index is 2680. The first-order chi connectivity index (χ1) is 30.7. The highest BCUT2D eigenvalue weighted by Gasteiger charge is 2.49. The molecule has 3 aliphatic rings. The molecule has 0 aliphatic carbocycles. The molecule has 0 aromatic heterocycles. The zero-order valence-electron chi connectivity index (χ0n) is 35.2. The average Bonchev–Trinajstić information content (AvgIpc) is 3.56. The van der Waals surface area contributed by atoms with E-state index < -0.39 is 82.4 Å². The first-order valence-corrected chi connectivity index (χ1v) is 24.6. The molecule has 3 aliphatic heterocycles. The number of fused-ring (bicyclic) bond motifs is 1. The minimum absolute atomic E-state index is 0.0465. The molecule has 0 bridgehead atoms. The number of imide groups is 1. The van der Waals surface area contributed by atoms with Gasteiger partial charge in [-0.15, -0.1) is 11.8 Å². The number of piperidine rings is 1. The Kier molecular flexibility index (Phi) is 14.1. The van der Waals surface area contributed by atoms with Gasteiger partial charge in [0.05, 0.1) is 10.6 Å². The molecular weight excluding hydrogens is 913 g/mol. The van der Waals surface area contributed by atoms with E-state index in [1.54, 1.807) is 16.9 Å². The van der Waals surface area contributed by atoms with E-state index in [4.69, 9.17) is 0 Å². The van der Waals surface area contributed by atoms with Crippen molar-refractivity contribution in [2.45, 2.75) is 90.6 Å². The van der Waals surface area contributed by atoms with E-state index in [0.717, 1.165) is 17.0 Å². The van der Waals surface area contributed by atoms with Crippen LogP contribution in [0.3, 0.4) is 0 Å². The second kappa shape index (κ2) is 19.2. The minimum atomic E-state index is -6.12. The SMILES string of the molecule is CC1CN(CC[C@H](CSc2ccccc2)Nc2ccc(S(=O)(=O)NC(=O)c3ccccc3)cc2S(=O)(=O)C(F)(F)F)CC(C)N1Cc1cc2c(cc1F)C(=O)N(C1CCC(=O)NC1=O)C2. The van der Waals surface area contributed by atoms with Gasteiger partial charge in [0, 0.05) is 84.6 Å². The smallest absolute Gasteiger partial charge is 0.380 e. The van der Waals surface area contributed by atoms with Crippen LogP contribution in [0.5, 0.6) is 0 Å². The van der Waals surface area contributed by atoms with Crippen LogP contribution in [0.2, 0.25) is 0 Å². The molecule has 346 valence electrons. The van der Waals surface area contributed by atoms with Gasteiger partial charge in [-0.25, -0.2) is 25.9 Å². The van der Waals surface area contributed by atoms with Crippen molar-refractivity contribution in [1.82, 2.24) is 24.7 Å². The lowest BCUT2D eigenvalue weighted by molar-refractivity contribution is -0.136. The molecule has 2 saturated heterocycles. The highest BCUT2D eigenvalue weighted by molar-refractivity contribution is 7.99. The van der Waals surface area contributed by atoms with Gasteiger partial charge in [0.1, 0.15) is 16.8 Å². The number of sulfone groups is 1. The van der Waals surface area contributed by atoms with Crippen LogP contribution in [0, 0.1) is 5.82 Å². The summed E-state index contributed by atoms with van der Waals surface area (Å²) in [5.74, 6) is -2.80.